The summed E-state index contributed by atoms with van der Waals surface area (Å²) in [4.78, 5) is 18.3. The molecule has 2 unspecified atom stereocenters. The van der Waals surface area contributed by atoms with Crippen molar-refractivity contribution in [3.63, 3.8) is 0 Å². The summed E-state index contributed by atoms with van der Waals surface area (Å²) in [5, 5.41) is 0. The van der Waals surface area contributed by atoms with Gasteiger partial charge in [0, 0.05) is 30.1 Å². The molecule has 1 aliphatic carbocycles. The summed E-state index contributed by atoms with van der Waals surface area (Å²) in [6, 6.07) is 18.8. The first-order chi connectivity index (χ1) is 15.4. The molecule has 1 amide bonds. The SMILES string of the molecule is COc1cccc(C23CCN(C)CC2CC[C@@H](N(CC(C)C)C(=O)c2ccccc2)C3)c1. The molecule has 1 aliphatic heterocycles. The minimum Gasteiger partial charge on any atom is -0.497 e. The lowest BCUT2D eigenvalue weighted by Crippen LogP contribution is -2.56. The molecule has 172 valence electrons. The van der Waals surface area contributed by atoms with Crippen molar-refractivity contribution in [2.75, 3.05) is 33.8 Å². The lowest BCUT2D eigenvalue weighted by molar-refractivity contribution is 0.0170. The lowest BCUT2D eigenvalue weighted by Gasteiger charge is -2.54. The number of likely N-dealkylation sites (tertiary alicyclic amines) is 1. The highest BCUT2D eigenvalue weighted by molar-refractivity contribution is 5.94. The van der Waals surface area contributed by atoms with E-state index in [1.165, 1.54) is 5.56 Å². The fourth-order valence-corrected chi connectivity index (χ4v) is 6.02. The Balaban J connectivity index is 1.69. The van der Waals surface area contributed by atoms with Crippen LogP contribution in [0.15, 0.2) is 54.6 Å². The third-order valence-corrected chi connectivity index (χ3v) is 7.63. The summed E-state index contributed by atoms with van der Waals surface area (Å²) in [5.74, 6) is 2.15. The Kier molecular flexibility index (Phi) is 6.90. The van der Waals surface area contributed by atoms with Crippen LogP contribution in [0.4, 0.5) is 0 Å². The molecular formula is C28H38N2O2. The number of fused-ring (bicyclic) bond motifs is 1. The van der Waals surface area contributed by atoms with Gasteiger partial charge in [-0.3, -0.25) is 4.79 Å². The third-order valence-electron chi connectivity index (χ3n) is 7.63. The predicted octanol–water partition coefficient (Wildman–Crippen LogP) is 5.24. The maximum absolute atomic E-state index is 13.6. The number of amides is 1. The maximum Gasteiger partial charge on any atom is 0.254 e. The molecular weight excluding hydrogens is 396 g/mol. The number of rotatable bonds is 6. The maximum atomic E-state index is 13.6. The Morgan fingerprint density at radius 2 is 1.94 bits per heavy atom. The minimum absolute atomic E-state index is 0.0934. The van der Waals surface area contributed by atoms with E-state index in [1.54, 1.807) is 7.11 Å². The lowest BCUT2D eigenvalue weighted by atomic mass is 9.57. The summed E-state index contributed by atoms with van der Waals surface area (Å²) < 4.78 is 5.59. The van der Waals surface area contributed by atoms with E-state index in [1.807, 2.05) is 36.4 Å². The number of benzene rings is 2. The van der Waals surface area contributed by atoms with Gasteiger partial charge >= 0.3 is 0 Å². The van der Waals surface area contributed by atoms with Crippen LogP contribution in [0.25, 0.3) is 0 Å². The van der Waals surface area contributed by atoms with Gasteiger partial charge in [0.05, 0.1) is 7.11 Å². The molecule has 4 heteroatoms. The molecule has 3 atom stereocenters. The molecule has 1 saturated heterocycles. The topological polar surface area (TPSA) is 32.8 Å². The van der Waals surface area contributed by atoms with Crippen LogP contribution in [0.5, 0.6) is 5.75 Å². The fraction of sp³-hybridized carbons (Fsp3) is 0.536. The van der Waals surface area contributed by atoms with Crippen LogP contribution in [-0.2, 0) is 5.41 Å². The average molecular weight is 435 g/mol. The predicted molar refractivity (Wildman–Crippen MR) is 130 cm³/mol. The molecule has 2 aromatic carbocycles. The van der Waals surface area contributed by atoms with E-state index in [0.29, 0.717) is 11.8 Å². The quantitative estimate of drug-likeness (QED) is 0.624. The van der Waals surface area contributed by atoms with E-state index in [0.717, 1.165) is 56.6 Å². The van der Waals surface area contributed by atoms with Gasteiger partial charge in [0.2, 0.25) is 0 Å². The van der Waals surface area contributed by atoms with Crippen LogP contribution >= 0.6 is 0 Å². The number of carbonyl (C=O) groups excluding carboxylic acids is 1. The van der Waals surface area contributed by atoms with Gasteiger partial charge < -0.3 is 14.5 Å². The number of carbonyl (C=O) groups is 1. The van der Waals surface area contributed by atoms with Crippen LogP contribution in [0.3, 0.4) is 0 Å². The zero-order valence-corrected chi connectivity index (χ0v) is 20.1. The van der Waals surface area contributed by atoms with Crippen molar-refractivity contribution in [2.24, 2.45) is 11.8 Å². The average Bonchev–Trinajstić information content (AvgIpc) is 2.82. The Labute approximate surface area is 193 Å². The molecule has 0 radical (unpaired) electrons. The molecule has 32 heavy (non-hydrogen) atoms. The molecule has 2 aliphatic rings. The second-order valence-corrected chi connectivity index (χ2v) is 10.2. The number of methoxy groups -OCH3 is 1. The van der Waals surface area contributed by atoms with Gasteiger partial charge in [-0.05, 0) is 80.9 Å². The largest absolute Gasteiger partial charge is 0.497 e. The first kappa shape index (κ1) is 22.8. The Hall–Kier alpha value is -2.33. The van der Waals surface area contributed by atoms with Crippen molar-refractivity contribution >= 4 is 5.91 Å². The highest BCUT2D eigenvalue weighted by Gasteiger charge is 2.49. The van der Waals surface area contributed by atoms with E-state index in [-0.39, 0.29) is 17.4 Å². The van der Waals surface area contributed by atoms with E-state index < -0.39 is 0 Å². The second kappa shape index (κ2) is 9.66. The van der Waals surface area contributed by atoms with Gasteiger partial charge in [-0.15, -0.1) is 0 Å². The second-order valence-electron chi connectivity index (χ2n) is 10.2. The van der Waals surface area contributed by atoms with E-state index in [4.69, 9.17) is 4.74 Å². The van der Waals surface area contributed by atoms with Gasteiger partial charge in [0.25, 0.3) is 5.91 Å². The summed E-state index contributed by atoms with van der Waals surface area (Å²) in [7, 11) is 3.99. The van der Waals surface area contributed by atoms with Crippen LogP contribution in [0.2, 0.25) is 0 Å². The van der Waals surface area contributed by atoms with E-state index >= 15 is 0 Å². The van der Waals surface area contributed by atoms with Crippen molar-refractivity contribution in [3.05, 3.63) is 65.7 Å². The third kappa shape index (κ3) is 4.56. The van der Waals surface area contributed by atoms with Crippen LogP contribution < -0.4 is 4.74 Å². The molecule has 1 saturated carbocycles. The van der Waals surface area contributed by atoms with Crippen molar-refractivity contribution in [3.8, 4) is 5.75 Å². The standard InChI is InChI=1S/C28H38N2O2/c1-21(2)19-30(27(31)22-9-6-5-7-10-22)25-14-13-24-20-29(3)16-15-28(24,18-25)23-11-8-12-26(17-23)32-4/h5-12,17,21,24-25H,13-16,18-20H2,1-4H3/t24?,25-,28?/m1/s1. The van der Waals surface area contributed by atoms with E-state index in [2.05, 4.69) is 48.9 Å². The molecule has 1 heterocycles. The summed E-state index contributed by atoms with van der Waals surface area (Å²) in [6.07, 6.45) is 4.40. The van der Waals surface area contributed by atoms with E-state index in [9.17, 15) is 4.79 Å². The molecule has 2 aromatic rings. The van der Waals surface area contributed by atoms with Gasteiger partial charge in [-0.2, -0.15) is 0 Å². The molecule has 0 bridgehead atoms. The van der Waals surface area contributed by atoms with Crippen molar-refractivity contribution < 1.29 is 9.53 Å². The number of hydrogen-bond acceptors (Lipinski definition) is 3. The van der Waals surface area contributed by atoms with Crippen molar-refractivity contribution in [1.82, 2.24) is 9.80 Å². The minimum atomic E-state index is 0.0934. The Morgan fingerprint density at radius 1 is 1.16 bits per heavy atom. The fourth-order valence-electron chi connectivity index (χ4n) is 6.02. The van der Waals surface area contributed by atoms with Gasteiger partial charge in [-0.25, -0.2) is 0 Å². The van der Waals surface area contributed by atoms with Crippen LogP contribution in [0.1, 0.15) is 55.5 Å². The molecule has 0 spiro atoms. The van der Waals surface area contributed by atoms with Crippen LogP contribution in [-0.4, -0.2) is 55.5 Å². The zero-order chi connectivity index (χ0) is 22.7. The van der Waals surface area contributed by atoms with Gasteiger partial charge in [0.1, 0.15) is 5.75 Å². The zero-order valence-electron chi connectivity index (χ0n) is 20.1. The number of nitrogens with zero attached hydrogens (tertiary/aromatic N) is 2. The summed E-state index contributed by atoms with van der Waals surface area (Å²) in [5.41, 5.74) is 2.28. The normalized spacial score (nSPS) is 25.9. The number of hydrogen-bond donors (Lipinski definition) is 0. The first-order valence-corrected chi connectivity index (χ1v) is 12.1. The molecule has 4 nitrogen and oxygen atoms in total. The Bertz CT molecular complexity index is 913. The smallest absolute Gasteiger partial charge is 0.254 e. The van der Waals surface area contributed by atoms with Gasteiger partial charge in [0.15, 0.2) is 0 Å². The summed E-state index contributed by atoms with van der Waals surface area (Å²) in [6.45, 7) is 7.45. The van der Waals surface area contributed by atoms with Crippen LogP contribution in [0, 0.1) is 11.8 Å². The summed E-state index contributed by atoms with van der Waals surface area (Å²) >= 11 is 0. The highest BCUT2D eigenvalue weighted by Crippen LogP contribution is 2.50. The molecule has 2 fully saturated rings. The molecule has 0 N–H and O–H groups in total. The van der Waals surface area contributed by atoms with Gasteiger partial charge in [-0.1, -0.05) is 44.2 Å². The van der Waals surface area contributed by atoms with Crippen molar-refractivity contribution in [2.45, 2.75) is 51.0 Å². The highest BCUT2D eigenvalue weighted by atomic mass is 16.5. The molecule has 4 rings (SSSR count). The Morgan fingerprint density at radius 3 is 2.66 bits per heavy atom. The number of piperidine rings is 1. The van der Waals surface area contributed by atoms with Crippen molar-refractivity contribution in [1.29, 1.82) is 0 Å². The first-order valence-electron chi connectivity index (χ1n) is 12.1. The number of ether oxygens (including phenoxy) is 1. The molecule has 0 aromatic heterocycles. The monoisotopic (exact) mass is 434 g/mol.